The second kappa shape index (κ2) is 6.80. The van der Waals surface area contributed by atoms with Gasteiger partial charge in [-0.1, -0.05) is 60.3 Å². The second-order valence-corrected chi connectivity index (χ2v) is 5.17. The van der Waals surface area contributed by atoms with Crippen molar-refractivity contribution >= 4 is 52.3 Å². The number of hydrogen-bond acceptors (Lipinski definition) is 2. The number of carbonyl (C=O) groups excluding carboxylic acids is 1. The summed E-state index contributed by atoms with van der Waals surface area (Å²) in [6.07, 6.45) is 1.63. The fourth-order valence-corrected chi connectivity index (χ4v) is 2.20. The number of rotatable bonds is 4. The number of pyridine rings is 1. The van der Waals surface area contributed by atoms with Crippen LogP contribution in [0.4, 0.5) is 0 Å². The van der Waals surface area contributed by atoms with Crippen LogP contribution in [0.2, 0.25) is 20.2 Å². The minimum absolute atomic E-state index is 0.00882. The van der Waals surface area contributed by atoms with E-state index in [1.165, 1.54) is 0 Å². The van der Waals surface area contributed by atoms with Gasteiger partial charge in [-0.05, 0) is 12.8 Å². The van der Waals surface area contributed by atoms with Gasteiger partial charge in [-0.2, -0.15) is 0 Å². The first-order chi connectivity index (χ1) is 8.42. The van der Waals surface area contributed by atoms with Gasteiger partial charge in [0.25, 0.3) is 5.91 Å². The van der Waals surface area contributed by atoms with Gasteiger partial charge < -0.3 is 5.32 Å². The lowest BCUT2D eigenvalue weighted by Crippen LogP contribution is -2.34. The van der Waals surface area contributed by atoms with Crippen LogP contribution in [0.3, 0.4) is 0 Å². The van der Waals surface area contributed by atoms with Crippen molar-refractivity contribution in [1.29, 1.82) is 0 Å². The molecule has 100 valence electrons. The Hall–Kier alpha value is -0.220. The highest BCUT2D eigenvalue weighted by Gasteiger charge is 2.21. The minimum atomic E-state index is -0.408. The summed E-state index contributed by atoms with van der Waals surface area (Å²) >= 11 is 23.4. The normalized spacial score (nSPS) is 10.8. The second-order valence-electron chi connectivity index (χ2n) is 3.68. The molecule has 0 aliphatic heterocycles. The summed E-state index contributed by atoms with van der Waals surface area (Å²) in [6.45, 7) is 3.95. The van der Waals surface area contributed by atoms with Gasteiger partial charge in [-0.25, -0.2) is 4.98 Å². The monoisotopic (exact) mass is 328 g/mol. The van der Waals surface area contributed by atoms with Crippen molar-refractivity contribution in [3.8, 4) is 0 Å². The molecule has 0 radical (unpaired) electrons. The van der Waals surface area contributed by atoms with Gasteiger partial charge in [0.2, 0.25) is 0 Å². The maximum atomic E-state index is 12.0. The fraction of sp³-hybridized carbons (Fsp3) is 0.455. The van der Waals surface area contributed by atoms with Gasteiger partial charge in [0.05, 0.1) is 15.1 Å². The first kappa shape index (κ1) is 15.8. The van der Waals surface area contributed by atoms with Gasteiger partial charge in [-0.3, -0.25) is 4.79 Å². The maximum Gasteiger partial charge on any atom is 0.271 e. The molecule has 0 aliphatic carbocycles. The van der Waals surface area contributed by atoms with E-state index in [1.54, 1.807) is 0 Å². The highest BCUT2D eigenvalue weighted by atomic mass is 35.5. The highest BCUT2D eigenvalue weighted by Crippen LogP contribution is 2.36. The molecule has 0 spiro atoms. The van der Waals surface area contributed by atoms with E-state index in [0.29, 0.717) is 0 Å². The number of hydrogen-bond donors (Lipinski definition) is 1. The SMILES string of the molecule is CCC(CC)NC(=O)c1nc(Cl)c(Cl)c(Cl)c1Cl. The predicted octanol–water partition coefficient (Wildman–Crippen LogP) is 4.61. The van der Waals surface area contributed by atoms with Gasteiger partial charge in [0.1, 0.15) is 10.8 Å². The Balaban J connectivity index is 3.07. The van der Waals surface area contributed by atoms with Crippen LogP contribution < -0.4 is 5.32 Å². The third-order valence-electron chi connectivity index (χ3n) is 2.52. The Kier molecular flexibility index (Phi) is 5.99. The Labute approximate surface area is 126 Å². The molecular formula is C11H12Cl4N2O. The van der Waals surface area contributed by atoms with E-state index in [-0.39, 0.29) is 32.0 Å². The van der Waals surface area contributed by atoms with E-state index in [1.807, 2.05) is 13.8 Å². The van der Waals surface area contributed by atoms with Crippen LogP contribution in [0, 0.1) is 0 Å². The average Bonchev–Trinajstić information content (AvgIpc) is 2.37. The average molecular weight is 330 g/mol. The summed E-state index contributed by atoms with van der Waals surface area (Å²) in [6, 6.07) is 0.0589. The number of halogens is 4. The smallest absolute Gasteiger partial charge is 0.271 e. The zero-order chi connectivity index (χ0) is 13.9. The molecule has 1 aromatic rings. The number of aromatic nitrogens is 1. The standard InChI is InChI=1S/C11H12Cl4N2O/c1-3-5(4-2)16-11(18)9-7(13)6(12)8(14)10(15)17-9/h5H,3-4H2,1-2H3,(H,16,18). The molecule has 0 fully saturated rings. The first-order valence-electron chi connectivity index (χ1n) is 5.43. The molecule has 1 rings (SSSR count). The van der Waals surface area contributed by atoms with E-state index in [2.05, 4.69) is 10.3 Å². The molecule has 0 saturated carbocycles. The lowest BCUT2D eigenvalue weighted by atomic mass is 10.1. The summed E-state index contributed by atoms with van der Waals surface area (Å²) in [5.74, 6) is -0.408. The van der Waals surface area contributed by atoms with Crippen LogP contribution in [-0.4, -0.2) is 16.9 Å². The summed E-state index contributed by atoms with van der Waals surface area (Å²) in [5, 5.41) is 2.85. The van der Waals surface area contributed by atoms with Crippen LogP contribution in [0.1, 0.15) is 37.2 Å². The lowest BCUT2D eigenvalue weighted by Gasteiger charge is -2.15. The number of nitrogens with zero attached hydrogens (tertiary/aromatic N) is 1. The Morgan fingerprint density at radius 3 is 2.17 bits per heavy atom. The summed E-state index contributed by atoms with van der Waals surface area (Å²) in [7, 11) is 0. The van der Waals surface area contributed by atoms with Gasteiger partial charge in [0.15, 0.2) is 0 Å². The number of amides is 1. The van der Waals surface area contributed by atoms with Crippen LogP contribution in [-0.2, 0) is 0 Å². The molecule has 1 heterocycles. The molecule has 3 nitrogen and oxygen atoms in total. The molecule has 0 aromatic carbocycles. The fourth-order valence-electron chi connectivity index (χ4n) is 1.38. The topological polar surface area (TPSA) is 42.0 Å². The number of nitrogens with one attached hydrogen (secondary N) is 1. The minimum Gasteiger partial charge on any atom is -0.348 e. The Morgan fingerprint density at radius 2 is 1.67 bits per heavy atom. The molecule has 0 unspecified atom stereocenters. The molecule has 1 aromatic heterocycles. The van der Waals surface area contributed by atoms with Gasteiger partial charge >= 0.3 is 0 Å². The van der Waals surface area contributed by atoms with E-state index >= 15 is 0 Å². The molecule has 1 amide bonds. The molecule has 0 atom stereocenters. The molecule has 1 N–H and O–H groups in total. The van der Waals surface area contributed by atoms with E-state index in [0.717, 1.165) is 12.8 Å². The van der Waals surface area contributed by atoms with E-state index in [4.69, 9.17) is 46.4 Å². The molecular weight excluding hydrogens is 318 g/mol. The third kappa shape index (κ3) is 3.41. The lowest BCUT2D eigenvalue weighted by molar-refractivity contribution is 0.0930. The van der Waals surface area contributed by atoms with Gasteiger partial charge in [0, 0.05) is 6.04 Å². The molecule has 7 heteroatoms. The van der Waals surface area contributed by atoms with Crippen molar-refractivity contribution in [2.75, 3.05) is 0 Å². The van der Waals surface area contributed by atoms with Crippen molar-refractivity contribution in [1.82, 2.24) is 10.3 Å². The molecule has 0 aliphatic rings. The Morgan fingerprint density at radius 1 is 1.11 bits per heavy atom. The predicted molar refractivity (Wildman–Crippen MR) is 76.1 cm³/mol. The van der Waals surface area contributed by atoms with E-state index in [9.17, 15) is 4.79 Å². The van der Waals surface area contributed by atoms with Gasteiger partial charge in [-0.15, -0.1) is 0 Å². The summed E-state index contributed by atoms with van der Waals surface area (Å²) in [5.41, 5.74) is -0.0111. The third-order valence-corrected chi connectivity index (χ3v) is 4.20. The number of carbonyl (C=O) groups is 1. The van der Waals surface area contributed by atoms with Crippen molar-refractivity contribution in [2.45, 2.75) is 32.7 Å². The van der Waals surface area contributed by atoms with Crippen molar-refractivity contribution in [2.24, 2.45) is 0 Å². The van der Waals surface area contributed by atoms with Crippen LogP contribution in [0.5, 0.6) is 0 Å². The van der Waals surface area contributed by atoms with Crippen molar-refractivity contribution < 1.29 is 4.79 Å². The quantitative estimate of drug-likeness (QED) is 0.819. The summed E-state index contributed by atoms with van der Waals surface area (Å²) in [4.78, 5) is 15.9. The zero-order valence-electron chi connectivity index (χ0n) is 9.86. The zero-order valence-corrected chi connectivity index (χ0v) is 12.9. The molecule has 0 saturated heterocycles. The first-order valence-corrected chi connectivity index (χ1v) is 6.94. The van der Waals surface area contributed by atoms with E-state index < -0.39 is 5.91 Å². The van der Waals surface area contributed by atoms with Crippen LogP contribution in [0.25, 0.3) is 0 Å². The Bertz CT molecular complexity index is 461. The molecule has 0 bridgehead atoms. The van der Waals surface area contributed by atoms with Crippen LogP contribution >= 0.6 is 46.4 Å². The van der Waals surface area contributed by atoms with Crippen LogP contribution in [0.15, 0.2) is 0 Å². The molecule has 18 heavy (non-hydrogen) atoms. The maximum absolute atomic E-state index is 12.0. The highest BCUT2D eigenvalue weighted by molar-refractivity contribution is 6.52. The van der Waals surface area contributed by atoms with Crippen molar-refractivity contribution in [3.63, 3.8) is 0 Å². The largest absolute Gasteiger partial charge is 0.348 e. The summed E-state index contributed by atoms with van der Waals surface area (Å²) < 4.78 is 0. The van der Waals surface area contributed by atoms with Crippen molar-refractivity contribution in [3.05, 3.63) is 25.9 Å².